The van der Waals surface area contributed by atoms with Gasteiger partial charge in [-0.05, 0) is 28.1 Å². The Bertz CT molecular complexity index is 408. The van der Waals surface area contributed by atoms with Crippen LogP contribution >= 0.6 is 15.9 Å². The molecule has 2 aromatic heterocycles. The number of rotatable bonds is 1. The third-order valence-corrected chi connectivity index (χ3v) is 2.18. The fourth-order valence-corrected chi connectivity index (χ4v) is 1.49. The quantitative estimate of drug-likeness (QED) is 0.807. The van der Waals surface area contributed by atoms with Gasteiger partial charge in [-0.15, -0.1) is 0 Å². The average Bonchev–Trinajstić information content (AvgIpc) is 2.46. The molecule has 0 aliphatic heterocycles. The van der Waals surface area contributed by atoms with Crippen molar-refractivity contribution < 1.29 is 0 Å². The molecule has 0 spiro atoms. The van der Waals surface area contributed by atoms with Crippen LogP contribution in [0.3, 0.4) is 0 Å². The monoisotopic (exact) mass is 225 g/mol. The summed E-state index contributed by atoms with van der Waals surface area (Å²) < 4.78 is 3.04. The van der Waals surface area contributed by atoms with Crippen molar-refractivity contribution >= 4 is 27.4 Å². The smallest absolute Gasteiger partial charge is 0.207 e. The Morgan fingerprint density at radius 3 is 3.08 bits per heavy atom. The molecule has 0 atom stereocenters. The molecular formula is C8H8BrN3. The summed E-state index contributed by atoms with van der Waals surface area (Å²) in [5.74, 6) is 0.853. The fourth-order valence-electron chi connectivity index (χ4n) is 1.15. The van der Waals surface area contributed by atoms with Gasteiger partial charge in [-0.1, -0.05) is 0 Å². The van der Waals surface area contributed by atoms with E-state index in [2.05, 4.69) is 26.2 Å². The molecule has 0 saturated carbocycles. The number of pyridine rings is 1. The molecule has 0 radical (unpaired) electrons. The molecule has 12 heavy (non-hydrogen) atoms. The topological polar surface area (TPSA) is 29.3 Å². The van der Waals surface area contributed by atoms with Gasteiger partial charge in [-0.2, -0.15) is 0 Å². The van der Waals surface area contributed by atoms with E-state index in [1.807, 2.05) is 36.0 Å². The molecule has 0 aliphatic carbocycles. The minimum absolute atomic E-state index is 0.853. The Balaban J connectivity index is 2.75. The first-order chi connectivity index (χ1) is 5.81. The number of fused-ring (bicyclic) bond motifs is 1. The van der Waals surface area contributed by atoms with Gasteiger partial charge in [0, 0.05) is 17.7 Å². The van der Waals surface area contributed by atoms with Crippen LogP contribution in [0.4, 0.5) is 5.95 Å². The lowest BCUT2D eigenvalue weighted by Crippen LogP contribution is -1.94. The maximum Gasteiger partial charge on any atom is 0.207 e. The van der Waals surface area contributed by atoms with Crippen LogP contribution in [0.1, 0.15) is 0 Å². The Hall–Kier alpha value is -1.03. The van der Waals surface area contributed by atoms with Gasteiger partial charge in [-0.25, -0.2) is 4.98 Å². The third-order valence-electron chi connectivity index (χ3n) is 1.71. The lowest BCUT2D eigenvalue weighted by atomic mass is 10.4. The van der Waals surface area contributed by atoms with Gasteiger partial charge in [0.25, 0.3) is 0 Å². The van der Waals surface area contributed by atoms with Crippen LogP contribution in [0.2, 0.25) is 0 Å². The summed E-state index contributed by atoms with van der Waals surface area (Å²) in [6, 6.07) is 4.01. The summed E-state index contributed by atoms with van der Waals surface area (Å²) in [5.41, 5.74) is 1.09. The summed E-state index contributed by atoms with van der Waals surface area (Å²) in [5, 5.41) is 3.01. The van der Waals surface area contributed by atoms with Crippen molar-refractivity contribution in [3.8, 4) is 0 Å². The van der Waals surface area contributed by atoms with Crippen LogP contribution in [0.5, 0.6) is 0 Å². The van der Waals surface area contributed by atoms with E-state index in [4.69, 9.17) is 0 Å². The molecule has 2 heterocycles. The highest BCUT2D eigenvalue weighted by atomic mass is 79.9. The summed E-state index contributed by atoms with van der Waals surface area (Å²) in [7, 11) is 1.86. The Labute approximate surface area is 78.6 Å². The first kappa shape index (κ1) is 7.61. The van der Waals surface area contributed by atoms with Crippen molar-refractivity contribution in [3.05, 3.63) is 29.0 Å². The van der Waals surface area contributed by atoms with Crippen molar-refractivity contribution in [3.63, 3.8) is 0 Å². The Morgan fingerprint density at radius 1 is 1.50 bits per heavy atom. The highest BCUT2D eigenvalue weighted by molar-refractivity contribution is 9.10. The highest BCUT2D eigenvalue weighted by Gasteiger charge is 1.99. The van der Waals surface area contributed by atoms with Crippen molar-refractivity contribution in [1.29, 1.82) is 0 Å². The van der Waals surface area contributed by atoms with E-state index in [1.165, 1.54) is 0 Å². The summed E-state index contributed by atoms with van der Waals surface area (Å²) >= 11 is 3.40. The second kappa shape index (κ2) is 2.79. The van der Waals surface area contributed by atoms with Crippen LogP contribution < -0.4 is 5.32 Å². The molecule has 62 valence electrons. The molecule has 0 bridgehead atoms. The molecule has 0 aromatic carbocycles. The van der Waals surface area contributed by atoms with Gasteiger partial charge in [0.1, 0.15) is 0 Å². The number of anilines is 1. The van der Waals surface area contributed by atoms with Gasteiger partial charge in [0.15, 0.2) is 0 Å². The maximum atomic E-state index is 4.19. The number of imidazole rings is 1. The van der Waals surface area contributed by atoms with Crippen LogP contribution in [-0.2, 0) is 0 Å². The summed E-state index contributed by atoms with van der Waals surface area (Å²) in [6.07, 6.45) is 3.81. The molecule has 3 nitrogen and oxygen atoms in total. The number of aromatic nitrogens is 2. The van der Waals surface area contributed by atoms with Crippen LogP contribution in [0, 0.1) is 0 Å². The molecule has 0 aliphatic rings. The number of nitrogens with zero attached hydrogens (tertiary/aromatic N) is 2. The lowest BCUT2D eigenvalue weighted by molar-refractivity contribution is 1.13. The zero-order chi connectivity index (χ0) is 8.55. The SMILES string of the molecule is CNc1ncc2ccc(Br)cn12. The van der Waals surface area contributed by atoms with E-state index in [1.54, 1.807) is 0 Å². The molecule has 1 N–H and O–H groups in total. The summed E-state index contributed by atoms with van der Waals surface area (Å²) in [6.45, 7) is 0. The number of hydrogen-bond acceptors (Lipinski definition) is 2. The van der Waals surface area contributed by atoms with E-state index in [9.17, 15) is 0 Å². The van der Waals surface area contributed by atoms with E-state index in [-0.39, 0.29) is 0 Å². The molecule has 4 heteroatoms. The van der Waals surface area contributed by atoms with Crippen molar-refractivity contribution in [2.24, 2.45) is 0 Å². The van der Waals surface area contributed by atoms with Gasteiger partial charge in [-0.3, -0.25) is 4.40 Å². The van der Waals surface area contributed by atoms with Crippen LogP contribution in [0.25, 0.3) is 5.52 Å². The van der Waals surface area contributed by atoms with Gasteiger partial charge < -0.3 is 5.32 Å². The number of hydrogen-bond donors (Lipinski definition) is 1. The molecular weight excluding hydrogens is 218 g/mol. The first-order valence-electron chi connectivity index (χ1n) is 3.61. The zero-order valence-electron chi connectivity index (χ0n) is 6.58. The molecule has 0 unspecified atom stereocenters. The van der Waals surface area contributed by atoms with E-state index in [0.717, 1.165) is 15.9 Å². The average molecular weight is 226 g/mol. The number of nitrogens with one attached hydrogen (secondary N) is 1. The molecule has 2 rings (SSSR count). The van der Waals surface area contributed by atoms with E-state index >= 15 is 0 Å². The summed E-state index contributed by atoms with van der Waals surface area (Å²) in [4.78, 5) is 4.19. The standard InChI is InChI=1S/C8H8BrN3/c1-10-8-11-4-7-3-2-6(9)5-12(7)8/h2-5H,1H3,(H,10,11). The Morgan fingerprint density at radius 2 is 2.33 bits per heavy atom. The predicted molar refractivity (Wildman–Crippen MR) is 52.4 cm³/mol. The molecule has 2 aromatic rings. The van der Waals surface area contributed by atoms with Gasteiger partial charge in [0.05, 0.1) is 11.7 Å². The second-order valence-corrected chi connectivity index (χ2v) is 3.39. The van der Waals surface area contributed by atoms with Gasteiger partial charge in [0.2, 0.25) is 5.95 Å². The van der Waals surface area contributed by atoms with Crippen molar-refractivity contribution in [2.75, 3.05) is 12.4 Å². The fraction of sp³-hybridized carbons (Fsp3) is 0.125. The van der Waals surface area contributed by atoms with Gasteiger partial charge >= 0.3 is 0 Å². The van der Waals surface area contributed by atoms with E-state index in [0.29, 0.717) is 0 Å². The Kier molecular flexibility index (Phi) is 1.77. The van der Waals surface area contributed by atoms with Crippen LogP contribution in [0.15, 0.2) is 29.0 Å². The minimum Gasteiger partial charge on any atom is -0.358 e. The van der Waals surface area contributed by atoms with Crippen molar-refractivity contribution in [2.45, 2.75) is 0 Å². The molecule has 0 amide bonds. The first-order valence-corrected chi connectivity index (χ1v) is 4.41. The number of halogens is 1. The second-order valence-electron chi connectivity index (χ2n) is 2.47. The zero-order valence-corrected chi connectivity index (χ0v) is 8.17. The largest absolute Gasteiger partial charge is 0.358 e. The maximum absolute atomic E-state index is 4.19. The van der Waals surface area contributed by atoms with Crippen LogP contribution in [-0.4, -0.2) is 16.4 Å². The van der Waals surface area contributed by atoms with Crippen molar-refractivity contribution in [1.82, 2.24) is 9.38 Å². The highest BCUT2D eigenvalue weighted by Crippen LogP contribution is 2.15. The third kappa shape index (κ3) is 1.08. The minimum atomic E-state index is 0.853. The molecule has 0 fully saturated rings. The molecule has 0 saturated heterocycles. The van der Waals surface area contributed by atoms with E-state index < -0.39 is 0 Å². The lowest BCUT2D eigenvalue weighted by Gasteiger charge is -1.99. The predicted octanol–water partition coefficient (Wildman–Crippen LogP) is 2.14. The normalized spacial score (nSPS) is 10.5.